The molecule has 0 saturated carbocycles. The second kappa shape index (κ2) is 7.66. The molecule has 152 valence electrons. The molecule has 0 aliphatic heterocycles. The molecule has 0 atom stereocenters. The first-order valence-corrected chi connectivity index (χ1v) is 10.3. The van der Waals surface area contributed by atoms with Crippen LogP contribution in [0.2, 0.25) is 0 Å². The fraction of sp³-hybridized carbons (Fsp3) is 0.0435. The van der Waals surface area contributed by atoms with Crippen LogP contribution in [0.25, 0.3) is 22.1 Å². The van der Waals surface area contributed by atoms with Crippen LogP contribution in [0.3, 0.4) is 0 Å². The summed E-state index contributed by atoms with van der Waals surface area (Å²) in [6.45, 7) is 0.307. The van der Waals surface area contributed by atoms with Crippen molar-refractivity contribution in [2.24, 2.45) is 0 Å². The molecule has 0 radical (unpaired) electrons. The Labute approximate surface area is 179 Å². The van der Waals surface area contributed by atoms with Crippen molar-refractivity contribution >= 4 is 39.1 Å². The van der Waals surface area contributed by atoms with Crippen LogP contribution < -0.4 is 14.8 Å². The number of aromatic nitrogens is 2. The third kappa shape index (κ3) is 3.64. The van der Waals surface area contributed by atoms with Crippen LogP contribution in [-0.2, 0) is 6.61 Å². The van der Waals surface area contributed by atoms with Crippen LogP contribution >= 0.6 is 11.3 Å². The standard InChI is InChI=1S/C23H15N3O4S/c27-22-21(31-23-24-19-3-1-2-4-20(19)25(22)23)13-15-7-11-18(12-8-15)30-14-16-5-9-17(10-6-16)26(28)29/h1-13H,14H2/b21-13+. The molecule has 0 amide bonds. The quantitative estimate of drug-likeness (QED) is 0.312. The summed E-state index contributed by atoms with van der Waals surface area (Å²) in [6.07, 6.45) is 1.84. The molecule has 2 aromatic heterocycles. The highest BCUT2D eigenvalue weighted by molar-refractivity contribution is 7.15. The summed E-state index contributed by atoms with van der Waals surface area (Å²) in [5, 5.41) is 10.7. The Balaban J connectivity index is 1.35. The number of hydrogen-bond donors (Lipinski definition) is 0. The minimum atomic E-state index is -0.430. The first kappa shape index (κ1) is 19.0. The van der Waals surface area contributed by atoms with E-state index < -0.39 is 4.92 Å². The van der Waals surface area contributed by atoms with Gasteiger partial charge in [0.05, 0.1) is 20.5 Å². The van der Waals surface area contributed by atoms with E-state index in [9.17, 15) is 14.9 Å². The first-order chi connectivity index (χ1) is 15.1. The van der Waals surface area contributed by atoms with Crippen LogP contribution in [0.4, 0.5) is 5.69 Å². The minimum absolute atomic E-state index is 0.0513. The van der Waals surface area contributed by atoms with Crippen molar-refractivity contribution in [2.45, 2.75) is 6.61 Å². The van der Waals surface area contributed by atoms with Gasteiger partial charge in [0, 0.05) is 12.1 Å². The van der Waals surface area contributed by atoms with Crippen LogP contribution in [0.1, 0.15) is 11.1 Å². The molecule has 2 heterocycles. The lowest BCUT2D eigenvalue weighted by molar-refractivity contribution is -0.384. The van der Waals surface area contributed by atoms with Crippen molar-refractivity contribution < 1.29 is 9.66 Å². The molecule has 8 heteroatoms. The summed E-state index contributed by atoms with van der Waals surface area (Å²) in [5.41, 5.74) is 3.32. The summed E-state index contributed by atoms with van der Waals surface area (Å²) in [5.74, 6) is 0.671. The summed E-state index contributed by atoms with van der Waals surface area (Å²) in [6, 6.07) is 21.3. The molecule has 0 aliphatic rings. The highest BCUT2D eigenvalue weighted by atomic mass is 32.1. The Morgan fingerprint density at radius 1 is 1.03 bits per heavy atom. The van der Waals surface area contributed by atoms with Gasteiger partial charge in [-0.25, -0.2) is 9.38 Å². The van der Waals surface area contributed by atoms with Gasteiger partial charge in [0.15, 0.2) is 4.96 Å². The SMILES string of the molecule is O=c1/c(=C\c2ccc(OCc3ccc([N+](=O)[O-])cc3)cc2)sc2nc3ccccc3n12. The van der Waals surface area contributed by atoms with E-state index in [0.29, 0.717) is 21.8 Å². The average molecular weight is 429 g/mol. The fourth-order valence-electron chi connectivity index (χ4n) is 3.30. The smallest absolute Gasteiger partial charge is 0.274 e. The van der Waals surface area contributed by atoms with Gasteiger partial charge >= 0.3 is 0 Å². The maximum Gasteiger partial charge on any atom is 0.274 e. The molecule has 7 nitrogen and oxygen atoms in total. The first-order valence-electron chi connectivity index (χ1n) is 9.46. The van der Waals surface area contributed by atoms with Gasteiger partial charge in [0.25, 0.3) is 11.2 Å². The lowest BCUT2D eigenvalue weighted by Crippen LogP contribution is -2.22. The predicted octanol–water partition coefficient (Wildman–Crippen LogP) is 3.94. The highest BCUT2D eigenvalue weighted by Gasteiger charge is 2.10. The normalized spacial score (nSPS) is 11.9. The summed E-state index contributed by atoms with van der Waals surface area (Å²) in [4.78, 5) is 28.3. The third-order valence-corrected chi connectivity index (χ3v) is 5.84. The lowest BCUT2D eigenvalue weighted by atomic mass is 10.2. The van der Waals surface area contributed by atoms with Crippen molar-refractivity contribution in [3.05, 3.63) is 109 Å². The Hall–Kier alpha value is -4.04. The van der Waals surface area contributed by atoms with Crippen molar-refractivity contribution in [1.82, 2.24) is 9.38 Å². The minimum Gasteiger partial charge on any atom is -0.489 e. The van der Waals surface area contributed by atoms with Crippen LogP contribution in [0, 0.1) is 10.1 Å². The lowest BCUT2D eigenvalue weighted by Gasteiger charge is -2.06. The number of imidazole rings is 1. The molecule has 3 aromatic carbocycles. The molecule has 5 aromatic rings. The topological polar surface area (TPSA) is 86.7 Å². The van der Waals surface area contributed by atoms with E-state index in [1.165, 1.54) is 23.5 Å². The summed E-state index contributed by atoms with van der Waals surface area (Å²) in [7, 11) is 0. The number of nitro benzene ring substituents is 1. The molecule has 31 heavy (non-hydrogen) atoms. The van der Waals surface area contributed by atoms with Crippen molar-refractivity contribution in [1.29, 1.82) is 0 Å². The zero-order valence-electron chi connectivity index (χ0n) is 16.1. The van der Waals surface area contributed by atoms with Crippen molar-refractivity contribution in [2.75, 3.05) is 0 Å². The second-order valence-electron chi connectivity index (χ2n) is 6.92. The zero-order valence-corrected chi connectivity index (χ0v) is 16.9. The predicted molar refractivity (Wildman–Crippen MR) is 120 cm³/mol. The number of non-ortho nitro benzene ring substituents is 1. The number of nitro groups is 1. The number of ether oxygens (including phenoxy) is 1. The van der Waals surface area contributed by atoms with E-state index >= 15 is 0 Å². The monoisotopic (exact) mass is 429 g/mol. The number of nitrogens with zero attached hydrogens (tertiary/aromatic N) is 3. The molecular formula is C23H15N3O4S. The van der Waals surface area contributed by atoms with Gasteiger partial charge in [-0.3, -0.25) is 14.9 Å². The Kier molecular flexibility index (Phi) is 4.68. The van der Waals surface area contributed by atoms with Crippen LogP contribution in [-0.4, -0.2) is 14.3 Å². The molecule has 0 unspecified atom stereocenters. The van der Waals surface area contributed by atoms with E-state index in [4.69, 9.17) is 4.74 Å². The molecule has 0 N–H and O–H groups in total. The van der Waals surface area contributed by atoms with E-state index in [1.807, 2.05) is 54.6 Å². The Morgan fingerprint density at radius 3 is 2.52 bits per heavy atom. The van der Waals surface area contributed by atoms with E-state index in [1.54, 1.807) is 16.5 Å². The van der Waals surface area contributed by atoms with Gasteiger partial charge in [-0.2, -0.15) is 0 Å². The van der Waals surface area contributed by atoms with Gasteiger partial charge in [0.1, 0.15) is 12.4 Å². The maximum absolute atomic E-state index is 12.8. The molecule has 0 spiro atoms. The van der Waals surface area contributed by atoms with Crippen LogP contribution in [0.15, 0.2) is 77.6 Å². The maximum atomic E-state index is 12.8. The Morgan fingerprint density at radius 2 is 1.77 bits per heavy atom. The van der Waals surface area contributed by atoms with Gasteiger partial charge in [-0.05, 0) is 53.6 Å². The van der Waals surface area contributed by atoms with E-state index in [0.717, 1.165) is 22.2 Å². The fourth-order valence-corrected chi connectivity index (χ4v) is 4.29. The van der Waals surface area contributed by atoms with Gasteiger partial charge in [-0.1, -0.05) is 35.6 Å². The number of thiazole rings is 1. The molecule has 0 fully saturated rings. The molecular weight excluding hydrogens is 414 g/mol. The zero-order chi connectivity index (χ0) is 21.4. The summed E-state index contributed by atoms with van der Waals surface area (Å²) < 4.78 is 8.01. The van der Waals surface area contributed by atoms with Gasteiger partial charge in [-0.15, -0.1) is 0 Å². The number of fused-ring (bicyclic) bond motifs is 3. The Bertz CT molecular complexity index is 1520. The number of benzene rings is 3. The second-order valence-corrected chi connectivity index (χ2v) is 7.92. The van der Waals surface area contributed by atoms with E-state index in [-0.39, 0.29) is 11.2 Å². The van der Waals surface area contributed by atoms with Crippen molar-refractivity contribution in [3.8, 4) is 5.75 Å². The van der Waals surface area contributed by atoms with Gasteiger partial charge in [0.2, 0.25) is 0 Å². The third-order valence-electron chi connectivity index (χ3n) is 4.88. The van der Waals surface area contributed by atoms with Gasteiger partial charge < -0.3 is 4.74 Å². The molecule has 0 saturated heterocycles. The average Bonchev–Trinajstić information content (AvgIpc) is 3.29. The van der Waals surface area contributed by atoms with E-state index in [2.05, 4.69) is 4.98 Å². The van der Waals surface area contributed by atoms with Crippen LogP contribution in [0.5, 0.6) is 5.75 Å². The number of rotatable bonds is 5. The number of hydrogen-bond acceptors (Lipinski definition) is 6. The molecule has 5 rings (SSSR count). The summed E-state index contributed by atoms with van der Waals surface area (Å²) >= 11 is 1.36. The number of para-hydroxylation sites is 2. The molecule has 0 bridgehead atoms. The van der Waals surface area contributed by atoms with Crippen molar-refractivity contribution in [3.63, 3.8) is 0 Å². The highest BCUT2D eigenvalue weighted by Crippen LogP contribution is 2.18. The molecule has 0 aliphatic carbocycles. The largest absolute Gasteiger partial charge is 0.489 e.